The number of hydrogen-bond donors (Lipinski definition) is 0. The summed E-state index contributed by atoms with van der Waals surface area (Å²) in [5, 5.41) is 0.130. The summed E-state index contributed by atoms with van der Waals surface area (Å²) in [4.78, 5) is 0. The second-order valence-corrected chi connectivity index (χ2v) is 8.65. The number of halogens is 2. The van der Waals surface area contributed by atoms with Crippen molar-refractivity contribution >= 4 is 11.6 Å². The van der Waals surface area contributed by atoms with E-state index in [0.29, 0.717) is 12.4 Å². The van der Waals surface area contributed by atoms with E-state index in [1.54, 1.807) is 0 Å². The zero-order valence-corrected chi connectivity index (χ0v) is 16.9. The van der Waals surface area contributed by atoms with Crippen LogP contribution in [0.25, 0.3) is 0 Å². The van der Waals surface area contributed by atoms with Crippen LogP contribution in [0, 0.1) is 17.7 Å². The zero-order chi connectivity index (χ0) is 18.9. The molecule has 0 amide bonds. The molecule has 1 saturated heterocycles. The van der Waals surface area contributed by atoms with Gasteiger partial charge in [-0.25, -0.2) is 4.39 Å². The summed E-state index contributed by atoms with van der Waals surface area (Å²) in [6.07, 6.45) is 8.88. The molecular weight excluding hydrogens is 367 g/mol. The van der Waals surface area contributed by atoms with E-state index in [1.165, 1.54) is 25.7 Å². The molecule has 1 spiro atoms. The lowest BCUT2D eigenvalue weighted by Gasteiger charge is -2.41. The Morgan fingerprint density at radius 2 is 1.67 bits per heavy atom. The van der Waals surface area contributed by atoms with Crippen LogP contribution in [0.1, 0.15) is 69.8 Å². The predicted molar refractivity (Wildman–Crippen MR) is 104 cm³/mol. The normalized spacial score (nSPS) is 28.6. The van der Waals surface area contributed by atoms with Gasteiger partial charge in [-0.2, -0.15) is 0 Å². The highest BCUT2D eigenvalue weighted by molar-refractivity contribution is 6.32. The minimum atomic E-state index is -0.291. The molecule has 0 unspecified atom stereocenters. The van der Waals surface area contributed by atoms with Gasteiger partial charge >= 0.3 is 0 Å². The molecule has 3 nitrogen and oxygen atoms in total. The molecule has 3 fully saturated rings. The molecule has 27 heavy (non-hydrogen) atoms. The minimum absolute atomic E-state index is 0.130. The molecule has 0 aromatic heterocycles. The van der Waals surface area contributed by atoms with Crippen molar-refractivity contribution in [3.05, 3.63) is 28.5 Å². The molecule has 1 aliphatic heterocycles. The molecule has 0 atom stereocenters. The van der Waals surface area contributed by atoms with Gasteiger partial charge in [0.15, 0.2) is 5.79 Å². The van der Waals surface area contributed by atoms with Gasteiger partial charge in [-0.05, 0) is 74.8 Å². The van der Waals surface area contributed by atoms with E-state index in [-0.39, 0.29) is 22.5 Å². The van der Waals surface area contributed by atoms with Crippen molar-refractivity contribution in [3.8, 4) is 5.75 Å². The molecule has 2 aliphatic carbocycles. The minimum Gasteiger partial charge on any atom is -0.492 e. The highest BCUT2D eigenvalue weighted by atomic mass is 35.5. The Morgan fingerprint density at radius 1 is 1.04 bits per heavy atom. The van der Waals surface area contributed by atoms with Crippen molar-refractivity contribution in [1.29, 1.82) is 0 Å². The van der Waals surface area contributed by atoms with Crippen molar-refractivity contribution in [3.63, 3.8) is 0 Å². The largest absolute Gasteiger partial charge is 0.492 e. The Morgan fingerprint density at radius 3 is 2.30 bits per heavy atom. The molecule has 0 N–H and O–H groups in total. The molecule has 4 rings (SSSR count). The maximum absolute atomic E-state index is 14.8. The van der Waals surface area contributed by atoms with E-state index >= 15 is 0 Å². The van der Waals surface area contributed by atoms with Crippen LogP contribution in [-0.4, -0.2) is 25.6 Å². The van der Waals surface area contributed by atoms with Crippen LogP contribution in [0.4, 0.5) is 4.39 Å². The Bertz CT molecular complexity index is 641. The first-order valence-corrected chi connectivity index (χ1v) is 10.9. The first-order valence-electron chi connectivity index (χ1n) is 10.5. The molecule has 1 heterocycles. The topological polar surface area (TPSA) is 27.7 Å². The maximum atomic E-state index is 14.8. The van der Waals surface area contributed by atoms with E-state index in [1.807, 2.05) is 19.1 Å². The van der Waals surface area contributed by atoms with Crippen molar-refractivity contribution in [2.45, 2.75) is 70.0 Å². The molecule has 0 radical (unpaired) electrons. The van der Waals surface area contributed by atoms with Crippen LogP contribution in [0.5, 0.6) is 5.75 Å². The Kier molecular flexibility index (Phi) is 5.96. The van der Waals surface area contributed by atoms with Crippen molar-refractivity contribution in [2.24, 2.45) is 11.8 Å². The summed E-state index contributed by atoms with van der Waals surface area (Å²) < 4.78 is 31.9. The molecule has 150 valence electrons. The van der Waals surface area contributed by atoms with Crippen molar-refractivity contribution < 1.29 is 18.6 Å². The van der Waals surface area contributed by atoms with Gasteiger partial charge in [0.1, 0.15) is 16.6 Å². The zero-order valence-electron chi connectivity index (χ0n) is 16.1. The predicted octanol–water partition coefficient (Wildman–Crippen LogP) is 6.08. The first-order chi connectivity index (χ1) is 13.1. The van der Waals surface area contributed by atoms with E-state index in [4.69, 9.17) is 25.8 Å². The van der Waals surface area contributed by atoms with E-state index in [2.05, 4.69) is 0 Å². The van der Waals surface area contributed by atoms with Gasteiger partial charge in [0, 0.05) is 12.8 Å². The maximum Gasteiger partial charge on any atom is 0.168 e. The van der Waals surface area contributed by atoms with E-state index < -0.39 is 0 Å². The second-order valence-electron chi connectivity index (χ2n) is 8.27. The van der Waals surface area contributed by atoms with Crippen LogP contribution in [-0.2, 0) is 9.47 Å². The number of benzene rings is 1. The summed E-state index contributed by atoms with van der Waals surface area (Å²) in [6.45, 7) is 3.85. The summed E-state index contributed by atoms with van der Waals surface area (Å²) >= 11 is 6.18. The number of hydrogen-bond acceptors (Lipinski definition) is 3. The summed E-state index contributed by atoms with van der Waals surface area (Å²) in [6, 6.07) is 3.69. The molecular formula is C22H30ClFO3. The van der Waals surface area contributed by atoms with Gasteiger partial charge in [-0.3, -0.25) is 0 Å². The molecule has 1 aromatic carbocycles. The fourth-order valence-corrected chi connectivity index (χ4v) is 5.59. The van der Waals surface area contributed by atoms with Crippen LogP contribution < -0.4 is 4.74 Å². The van der Waals surface area contributed by atoms with Gasteiger partial charge in [0.2, 0.25) is 0 Å². The average Bonchev–Trinajstić information content (AvgIpc) is 3.15. The van der Waals surface area contributed by atoms with Gasteiger partial charge in [0.25, 0.3) is 0 Å². The van der Waals surface area contributed by atoms with Crippen LogP contribution in [0.3, 0.4) is 0 Å². The lowest BCUT2D eigenvalue weighted by atomic mass is 9.69. The average molecular weight is 397 g/mol. The van der Waals surface area contributed by atoms with Crippen molar-refractivity contribution in [1.82, 2.24) is 0 Å². The Labute approximate surface area is 166 Å². The Hall–Kier alpha value is -0.840. The number of rotatable bonds is 4. The third-order valence-corrected chi connectivity index (χ3v) is 7.21. The molecule has 5 heteroatoms. The van der Waals surface area contributed by atoms with Crippen LogP contribution in [0.15, 0.2) is 12.1 Å². The fraction of sp³-hybridized carbons (Fsp3) is 0.727. The number of ether oxygens (including phenoxy) is 3. The van der Waals surface area contributed by atoms with Crippen LogP contribution in [0.2, 0.25) is 5.02 Å². The summed E-state index contributed by atoms with van der Waals surface area (Å²) in [5.41, 5.74) is 0.761. The highest BCUT2D eigenvalue weighted by Gasteiger charge is 2.42. The summed E-state index contributed by atoms with van der Waals surface area (Å²) in [5.74, 6) is 1.67. The third-order valence-electron chi connectivity index (χ3n) is 6.86. The highest BCUT2D eigenvalue weighted by Crippen LogP contribution is 2.47. The SMILES string of the molecule is CCOc1ccc(C2CCC(C3CCC4(CC3)OCCO4)CC2)c(F)c1Cl. The van der Waals surface area contributed by atoms with Crippen molar-refractivity contribution in [2.75, 3.05) is 19.8 Å². The lowest BCUT2D eigenvalue weighted by molar-refractivity contribution is -0.185. The third kappa shape index (κ3) is 3.99. The van der Waals surface area contributed by atoms with E-state index in [9.17, 15) is 4.39 Å². The fourth-order valence-electron chi connectivity index (χ4n) is 5.37. The standard InChI is InChI=1S/C22H30ClFO3/c1-2-25-19-8-7-18(21(24)20(19)23)17-5-3-15(4-6-17)16-9-11-22(12-10-16)26-13-14-27-22/h7-8,15-17H,2-6,9-14H2,1H3. The quantitative estimate of drug-likeness (QED) is 0.616. The van der Waals surface area contributed by atoms with Gasteiger partial charge in [-0.15, -0.1) is 0 Å². The van der Waals surface area contributed by atoms with Gasteiger partial charge in [-0.1, -0.05) is 17.7 Å². The Balaban J connectivity index is 1.33. The molecule has 2 saturated carbocycles. The van der Waals surface area contributed by atoms with Gasteiger partial charge < -0.3 is 14.2 Å². The smallest absolute Gasteiger partial charge is 0.168 e. The lowest BCUT2D eigenvalue weighted by Crippen LogP contribution is -2.37. The monoisotopic (exact) mass is 396 g/mol. The molecule has 1 aromatic rings. The summed E-state index contributed by atoms with van der Waals surface area (Å²) in [7, 11) is 0. The molecule has 0 bridgehead atoms. The van der Waals surface area contributed by atoms with Crippen LogP contribution >= 0.6 is 11.6 Å². The molecule has 3 aliphatic rings. The second kappa shape index (κ2) is 8.26. The van der Waals surface area contributed by atoms with E-state index in [0.717, 1.165) is 56.3 Å². The van der Waals surface area contributed by atoms with Gasteiger partial charge in [0.05, 0.1) is 19.8 Å². The first kappa shape index (κ1) is 19.5.